The van der Waals surface area contributed by atoms with E-state index in [1.807, 2.05) is 36.4 Å². The topological polar surface area (TPSA) is 29.1 Å². The standard InChI is InChI=1S/C26H44N2O.ClH/c1-4-5-6-7-8-9-10-11-12-16-23-28(2,3)24-17-22-27-26(29)21-20-25-18-14-13-15-19-25;/h13-15,18-21H,4-12,16-17,22-24H2,1-3H3;1H. The SMILES string of the molecule is CCCCCCCCCCCC[N+](C)(C)CCCNC(=O)C=Cc1ccccc1.[Cl-]. The first-order chi connectivity index (χ1) is 14.0. The molecule has 0 aliphatic carbocycles. The number of quaternary nitrogens is 1. The number of amides is 1. The minimum atomic E-state index is -0.00569. The third kappa shape index (κ3) is 16.5. The molecule has 0 spiro atoms. The molecule has 0 bridgehead atoms. The highest BCUT2D eigenvalue weighted by Gasteiger charge is 2.13. The van der Waals surface area contributed by atoms with Crippen LogP contribution < -0.4 is 17.7 Å². The minimum absolute atomic E-state index is 0. The number of hydrogen-bond donors (Lipinski definition) is 1. The van der Waals surface area contributed by atoms with Crippen LogP contribution in [0.5, 0.6) is 0 Å². The van der Waals surface area contributed by atoms with Crippen molar-refractivity contribution in [2.75, 3.05) is 33.7 Å². The van der Waals surface area contributed by atoms with Gasteiger partial charge in [-0.05, 0) is 24.5 Å². The maximum atomic E-state index is 11.9. The molecule has 3 nitrogen and oxygen atoms in total. The van der Waals surface area contributed by atoms with E-state index in [9.17, 15) is 4.79 Å². The van der Waals surface area contributed by atoms with Gasteiger partial charge in [-0.15, -0.1) is 0 Å². The van der Waals surface area contributed by atoms with Gasteiger partial charge in [-0.2, -0.15) is 0 Å². The second kappa shape index (κ2) is 18.4. The van der Waals surface area contributed by atoms with E-state index in [0.717, 1.165) is 29.6 Å². The Morgan fingerprint density at radius 3 is 1.97 bits per heavy atom. The summed E-state index contributed by atoms with van der Waals surface area (Å²) in [5.74, 6) is -0.00569. The summed E-state index contributed by atoms with van der Waals surface area (Å²) in [7, 11) is 4.62. The molecule has 0 radical (unpaired) electrons. The smallest absolute Gasteiger partial charge is 0.244 e. The number of benzene rings is 1. The molecule has 0 aliphatic heterocycles. The molecule has 0 atom stereocenters. The summed E-state index contributed by atoms with van der Waals surface area (Å²) in [5.41, 5.74) is 1.05. The van der Waals surface area contributed by atoms with E-state index < -0.39 is 0 Å². The van der Waals surface area contributed by atoms with Crippen molar-refractivity contribution in [3.63, 3.8) is 0 Å². The number of nitrogens with zero attached hydrogens (tertiary/aromatic N) is 1. The van der Waals surface area contributed by atoms with Crippen LogP contribution in [0.15, 0.2) is 36.4 Å². The van der Waals surface area contributed by atoms with Crippen molar-refractivity contribution < 1.29 is 21.7 Å². The fraction of sp³-hybridized carbons (Fsp3) is 0.654. The van der Waals surface area contributed by atoms with E-state index in [1.54, 1.807) is 6.08 Å². The molecule has 0 unspecified atom stereocenters. The molecule has 0 aliphatic rings. The van der Waals surface area contributed by atoms with Crippen LogP contribution in [-0.4, -0.2) is 44.1 Å². The molecule has 1 rings (SSSR count). The first-order valence-corrected chi connectivity index (χ1v) is 11.9. The Hall–Kier alpha value is -1.32. The summed E-state index contributed by atoms with van der Waals surface area (Å²) in [6.07, 6.45) is 18.4. The van der Waals surface area contributed by atoms with E-state index >= 15 is 0 Å². The average molecular weight is 437 g/mol. The van der Waals surface area contributed by atoms with Crippen LogP contribution in [0.3, 0.4) is 0 Å². The van der Waals surface area contributed by atoms with Crippen molar-refractivity contribution in [2.45, 2.75) is 77.6 Å². The first-order valence-electron chi connectivity index (χ1n) is 11.9. The van der Waals surface area contributed by atoms with Gasteiger partial charge in [-0.25, -0.2) is 0 Å². The third-order valence-electron chi connectivity index (χ3n) is 5.58. The van der Waals surface area contributed by atoms with Crippen molar-refractivity contribution in [1.29, 1.82) is 0 Å². The molecule has 1 aromatic rings. The summed E-state index contributed by atoms with van der Waals surface area (Å²) in [6.45, 7) is 5.37. The Morgan fingerprint density at radius 2 is 1.37 bits per heavy atom. The van der Waals surface area contributed by atoms with Gasteiger partial charge in [-0.3, -0.25) is 4.79 Å². The van der Waals surface area contributed by atoms with Crippen molar-refractivity contribution in [3.8, 4) is 0 Å². The van der Waals surface area contributed by atoms with Gasteiger partial charge < -0.3 is 22.2 Å². The molecule has 0 aromatic heterocycles. The molecule has 1 aromatic carbocycles. The zero-order valence-electron chi connectivity index (χ0n) is 19.7. The lowest BCUT2D eigenvalue weighted by Gasteiger charge is -2.30. The number of carbonyl (C=O) groups excluding carboxylic acids is 1. The highest BCUT2D eigenvalue weighted by atomic mass is 35.5. The highest BCUT2D eigenvalue weighted by Crippen LogP contribution is 2.12. The van der Waals surface area contributed by atoms with Crippen LogP contribution >= 0.6 is 0 Å². The van der Waals surface area contributed by atoms with Crippen LogP contribution in [0.1, 0.15) is 83.1 Å². The lowest BCUT2D eigenvalue weighted by atomic mass is 10.1. The average Bonchev–Trinajstić information content (AvgIpc) is 2.72. The van der Waals surface area contributed by atoms with Crippen LogP contribution in [0, 0.1) is 0 Å². The monoisotopic (exact) mass is 436 g/mol. The van der Waals surface area contributed by atoms with Gasteiger partial charge in [0.05, 0.1) is 27.2 Å². The highest BCUT2D eigenvalue weighted by molar-refractivity contribution is 5.91. The van der Waals surface area contributed by atoms with Gasteiger partial charge in [-0.1, -0.05) is 88.6 Å². The zero-order valence-corrected chi connectivity index (χ0v) is 20.4. The predicted octanol–water partition coefficient (Wildman–Crippen LogP) is 3.21. The summed E-state index contributed by atoms with van der Waals surface area (Å²) < 4.78 is 1.05. The lowest BCUT2D eigenvalue weighted by Crippen LogP contribution is -3.00. The van der Waals surface area contributed by atoms with E-state index in [4.69, 9.17) is 0 Å². The summed E-state index contributed by atoms with van der Waals surface area (Å²) in [4.78, 5) is 11.9. The maximum absolute atomic E-state index is 11.9. The van der Waals surface area contributed by atoms with Gasteiger partial charge in [0.2, 0.25) is 5.91 Å². The Bertz CT molecular complexity index is 557. The Balaban J connectivity index is 0.00000841. The first kappa shape index (κ1) is 28.7. The maximum Gasteiger partial charge on any atom is 0.244 e. The molecule has 1 amide bonds. The van der Waals surface area contributed by atoms with Crippen molar-refractivity contribution in [2.24, 2.45) is 0 Å². The quantitative estimate of drug-likeness (QED) is 0.227. The van der Waals surface area contributed by atoms with E-state index in [1.165, 1.54) is 70.8 Å². The summed E-state index contributed by atoms with van der Waals surface area (Å²) >= 11 is 0. The molecule has 4 heteroatoms. The normalized spacial score (nSPS) is 11.4. The van der Waals surface area contributed by atoms with Gasteiger partial charge in [0.15, 0.2) is 0 Å². The number of halogens is 1. The van der Waals surface area contributed by atoms with Crippen LogP contribution in [0.2, 0.25) is 0 Å². The lowest BCUT2D eigenvalue weighted by molar-refractivity contribution is -0.890. The Morgan fingerprint density at radius 1 is 0.833 bits per heavy atom. The van der Waals surface area contributed by atoms with Gasteiger partial charge >= 0.3 is 0 Å². The van der Waals surface area contributed by atoms with E-state index in [-0.39, 0.29) is 18.3 Å². The molecule has 0 fully saturated rings. The summed E-state index contributed by atoms with van der Waals surface area (Å²) in [6, 6.07) is 9.93. The van der Waals surface area contributed by atoms with Gasteiger partial charge in [0.1, 0.15) is 0 Å². The Kier molecular flexibility index (Phi) is 17.6. The molecule has 0 heterocycles. The van der Waals surface area contributed by atoms with Crippen LogP contribution in [-0.2, 0) is 4.79 Å². The third-order valence-corrected chi connectivity index (χ3v) is 5.58. The summed E-state index contributed by atoms with van der Waals surface area (Å²) in [5, 5.41) is 3.00. The minimum Gasteiger partial charge on any atom is -1.00 e. The van der Waals surface area contributed by atoms with Crippen molar-refractivity contribution >= 4 is 12.0 Å². The molecule has 172 valence electrons. The number of nitrogens with one attached hydrogen (secondary N) is 1. The molecule has 0 saturated carbocycles. The molecule has 30 heavy (non-hydrogen) atoms. The van der Waals surface area contributed by atoms with Gasteiger partial charge in [0.25, 0.3) is 0 Å². The Labute approximate surface area is 192 Å². The number of rotatable bonds is 17. The second-order valence-electron chi connectivity index (χ2n) is 8.95. The van der Waals surface area contributed by atoms with Crippen LogP contribution in [0.25, 0.3) is 6.08 Å². The fourth-order valence-corrected chi connectivity index (χ4v) is 3.65. The fourth-order valence-electron chi connectivity index (χ4n) is 3.65. The molecule has 0 saturated heterocycles. The predicted molar refractivity (Wildman–Crippen MR) is 127 cm³/mol. The van der Waals surface area contributed by atoms with E-state index in [2.05, 4.69) is 26.3 Å². The number of carbonyl (C=O) groups is 1. The van der Waals surface area contributed by atoms with Crippen molar-refractivity contribution in [3.05, 3.63) is 42.0 Å². The second-order valence-corrected chi connectivity index (χ2v) is 8.95. The molecule has 1 N–H and O–H groups in total. The zero-order chi connectivity index (χ0) is 21.2. The van der Waals surface area contributed by atoms with E-state index in [0.29, 0.717) is 0 Å². The number of unbranched alkanes of at least 4 members (excludes halogenated alkanes) is 9. The molecular weight excluding hydrogens is 392 g/mol. The molecular formula is C26H45ClN2O. The number of hydrogen-bond acceptors (Lipinski definition) is 1. The largest absolute Gasteiger partial charge is 1.00 e. The van der Waals surface area contributed by atoms with Crippen LogP contribution in [0.4, 0.5) is 0 Å². The van der Waals surface area contributed by atoms with Gasteiger partial charge in [0, 0.05) is 19.0 Å². The van der Waals surface area contributed by atoms with Crippen molar-refractivity contribution in [1.82, 2.24) is 5.32 Å².